The van der Waals surface area contributed by atoms with Gasteiger partial charge in [-0.05, 0) is 42.0 Å². The van der Waals surface area contributed by atoms with Crippen LogP contribution in [-0.4, -0.2) is 0 Å². The Labute approximate surface area is 110 Å². The van der Waals surface area contributed by atoms with Gasteiger partial charge >= 0.3 is 0 Å². The molecule has 0 amide bonds. The van der Waals surface area contributed by atoms with Gasteiger partial charge in [0.05, 0.1) is 0 Å². The van der Waals surface area contributed by atoms with Crippen LogP contribution in [0.1, 0.15) is 30.5 Å². The van der Waals surface area contributed by atoms with Crippen LogP contribution in [-0.2, 0) is 12.8 Å². The van der Waals surface area contributed by atoms with Crippen molar-refractivity contribution in [3.8, 4) is 0 Å². The van der Waals surface area contributed by atoms with Crippen LogP contribution in [0.5, 0.6) is 0 Å². The highest BCUT2D eigenvalue weighted by atomic mass is 14.0. The third-order valence-electron chi connectivity index (χ3n) is 3.30. The molecule has 2 aromatic carbocycles. The standard InChI is InChI=1S/C18H20/c1-3-16-11-13-17(14-12-16)10-9-15(2)18-7-5-4-6-8-18/h4-9,11-14H,3,10H2,1-2H3. The minimum Gasteiger partial charge on any atom is -0.0766 e. The molecule has 0 bridgehead atoms. The highest BCUT2D eigenvalue weighted by Gasteiger charge is 1.95. The maximum atomic E-state index is 2.30. The Bertz CT molecular complexity index is 503. The van der Waals surface area contributed by atoms with Crippen molar-refractivity contribution in [1.82, 2.24) is 0 Å². The molecule has 2 aromatic rings. The van der Waals surface area contributed by atoms with Gasteiger partial charge in [0.25, 0.3) is 0 Å². The molecule has 0 unspecified atom stereocenters. The van der Waals surface area contributed by atoms with E-state index in [1.54, 1.807) is 0 Å². The van der Waals surface area contributed by atoms with Gasteiger partial charge in [-0.1, -0.05) is 67.6 Å². The van der Waals surface area contributed by atoms with E-state index in [1.165, 1.54) is 22.3 Å². The Hall–Kier alpha value is -1.82. The first kappa shape index (κ1) is 12.6. The van der Waals surface area contributed by atoms with Crippen molar-refractivity contribution < 1.29 is 0 Å². The van der Waals surface area contributed by atoms with Crippen molar-refractivity contribution in [1.29, 1.82) is 0 Å². The molecular weight excluding hydrogens is 216 g/mol. The van der Waals surface area contributed by atoms with Crippen LogP contribution in [0.3, 0.4) is 0 Å². The van der Waals surface area contributed by atoms with Crippen molar-refractivity contribution in [3.05, 3.63) is 77.4 Å². The topological polar surface area (TPSA) is 0 Å². The fourth-order valence-corrected chi connectivity index (χ4v) is 2.00. The maximum absolute atomic E-state index is 2.30. The lowest BCUT2D eigenvalue weighted by Crippen LogP contribution is -1.85. The van der Waals surface area contributed by atoms with Gasteiger partial charge in [0, 0.05) is 0 Å². The third kappa shape index (κ3) is 3.33. The molecule has 2 rings (SSSR count). The zero-order chi connectivity index (χ0) is 12.8. The molecule has 0 saturated carbocycles. The summed E-state index contributed by atoms with van der Waals surface area (Å²) in [6.07, 6.45) is 4.42. The molecule has 0 aromatic heterocycles. The third-order valence-corrected chi connectivity index (χ3v) is 3.30. The van der Waals surface area contributed by atoms with Gasteiger partial charge in [0.1, 0.15) is 0 Å². The summed E-state index contributed by atoms with van der Waals surface area (Å²) in [5.41, 5.74) is 5.43. The number of hydrogen-bond acceptors (Lipinski definition) is 0. The summed E-state index contributed by atoms with van der Waals surface area (Å²) in [6.45, 7) is 4.37. The van der Waals surface area contributed by atoms with Gasteiger partial charge in [-0.15, -0.1) is 0 Å². The summed E-state index contributed by atoms with van der Waals surface area (Å²) in [6, 6.07) is 19.5. The molecule has 0 aliphatic carbocycles. The molecule has 0 atom stereocenters. The lowest BCUT2D eigenvalue weighted by atomic mass is 10.0. The number of benzene rings is 2. The second kappa shape index (κ2) is 6.20. The first-order chi connectivity index (χ1) is 8.79. The highest BCUT2D eigenvalue weighted by molar-refractivity contribution is 5.63. The smallest absolute Gasteiger partial charge is 0.00915 e. The minimum absolute atomic E-state index is 1.00. The quantitative estimate of drug-likeness (QED) is 0.708. The van der Waals surface area contributed by atoms with Gasteiger partial charge in [-0.2, -0.15) is 0 Å². The van der Waals surface area contributed by atoms with Crippen molar-refractivity contribution in [2.45, 2.75) is 26.7 Å². The number of allylic oxidation sites excluding steroid dienone is 2. The van der Waals surface area contributed by atoms with Crippen molar-refractivity contribution >= 4 is 5.57 Å². The highest BCUT2D eigenvalue weighted by Crippen LogP contribution is 2.14. The number of aryl methyl sites for hydroxylation is 1. The predicted molar refractivity (Wildman–Crippen MR) is 79.6 cm³/mol. The Balaban J connectivity index is 2.05. The van der Waals surface area contributed by atoms with Crippen molar-refractivity contribution in [3.63, 3.8) is 0 Å². The van der Waals surface area contributed by atoms with Gasteiger partial charge in [-0.25, -0.2) is 0 Å². The minimum atomic E-state index is 1.00. The molecule has 0 heteroatoms. The molecule has 18 heavy (non-hydrogen) atoms. The summed E-state index contributed by atoms with van der Waals surface area (Å²) < 4.78 is 0. The van der Waals surface area contributed by atoms with E-state index in [4.69, 9.17) is 0 Å². The summed E-state index contributed by atoms with van der Waals surface area (Å²) >= 11 is 0. The second-order valence-electron chi connectivity index (χ2n) is 4.63. The first-order valence-electron chi connectivity index (χ1n) is 6.59. The molecule has 0 saturated heterocycles. The average Bonchev–Trinajstić information content (AvgIpc) is 2.46. The monoisotopic (exact) mass is 236 g/mol. The average molecular weight is 236 g/mol. The van der Waals surface area contributed by atoms with Crippen molar-refractivity contribution in [2.24, 2.45) is 0 Å². The summed E-state index contributed by atoms with van der Waals surface area (Å²) in [7, 11) is 0. The Morgan fingerprint density at radius 2 is 1.50 bits per heavy atom. The van der Waals surface area contributed by atoms with Crippen LogP contribution >= 0.6 is 0 Å². The van der Waals surface area contributed by atoms with E-state index >= 15 is 0 Å². The Kier molecular flexibility index (Phi) is 4.35. The van der Waals surface area contributed by atoms with Crippen LogP contribution in [0.2, 0.25) is 0 Å². The van der Waals surface area contributed by atoms with E-state index in [0.29, 0.717) is 0 Å². The maximum Gasteiger partial charge on any atom is -0.00915 e. The molecule has 0 spiro atoms. The Morgan fingerprint density at radius 3 is 2.11 bits per heavy atom. The van der Waals surface area contributed by atoms with Crippen LogP contribution in [0, 0.1) is 0 Å². The molecule has 0 N–H and O–H groups in total. The summed E-state index contributed by atoms with van der Waals surface area (Å²) in [4.78, 5) is 0. The summed E-state index contributed by atoms with van der Waals surface area (Å²) in [5, 5.41) is 0. The molecule has 0 heterocycles. The van der Waals surface area contributed by atoms with Crippen LogP contribution < -0.4 is 0 Å². The van der Waals surface area contributed by atoms with E-state index in [9.17, 15) is 0 Å². The molecule has 0 nitrogen and oxygen atoms in total. The zero-order valence-electron chi connectivity index (χ0n) is 11.2. The van der Waals surface area contributed by atoms with E-state index in [1.807, 2.05) is 0 Å². The summed E-state index contributed by atoms with van der Waals surface area (Å²) in [5.74, 6) is 0. The zero-order valence-corrected chi connectivity index (χ0v) is 11.2. The van der Waals surface area contributed by atoms with Gasteiger partial charge in [-0.3, -0.25) is 0 Å². The lowest BCUT2D eigenvalue weighted by Gasteiger charge is -2.03. The lowest BCUT2D eigenvalue weighted by molar-refractivity contribution is 1.13. The van der Waals surface area contributed by atoms with E-state index < -0.39 is 0 Å². The van der Waals surface area contributed by atoms with Crippen molar-refractivity contribution in [2.75, 3.05) is 0 Å². The number of rotatable bonds is 4. The molecule has 0 fully saturated rings. The molecule has 0 aliphatic heterocycles. The van der Waals surface area contributed by atoms with Crippen LogP contribution in [0.4, 0.5) is 0 Å². The largest absolute Gasteiger partial charge is 0.0766 e. The van der Waals surface area contributed by atoms with Crippen LogP contribution in [0.15, 0.2) is 60.7 Å². The predicted octanol–water partition coefficient (Wildman–Crippen LogP) is 4.90. The van der Waals surface area contributed by atoms with Gasteiger partial charge in [0.15, 0.2) is 0 Å². The van der Waals surface area contributed by atoms with E-state index in [2.05, 4.69) is 74.5 Å². The second-order valence-corrected chi connectivity index (χ2v) is 4.63. The van der Waals surface area contributed by atoms with Gasteiger partial charge in [0.2, 0.25) is 0 Å². The fourth-order valence-electron chi connectivity index (χ4n) is 2.00. The molecule has 0 radical (unpaired) electrons. The normalized spacial score (nSPS) is 11.6. The number of hydrogen-bond donors (Lipinski definition) is 0. The SMILES string of the molecule is CCc1ccc(CC=C(C)c2ccccc2)cc1. The molecule has 92 valence electrons. The van der Waals surface area contributed by atoms with Crippen LogP contribution in [0.25, 0.3) is 5.57 Å². The molecular formula is C18H20. The van der Waals surface area contributed by atoms with E-state index in [-0.39, 0.29) is 0 Å². The van der Waals surface area contributed by atoms with E-state index in [0.717, 1.165) is 12.8 Å². The Morgan fingerprint density at radius 1 is 0.889 bits per heavy atom. The first-order valence-corrected chi connectivity index (χ1v) is 6.59. The van der Waals surface area contributed by atoms with Gasteiger partial charge < -0.3 is 0 Å². The molecule has 0 aliphatic rings. The fraction of sp³-hybridized carbons (Fsp3) is 0.222.